The molecular formula is C17H15Cl2N3O2. The second kappa shape index (κ2) is 6.71. The third-order valence-corrected chi connectivity index (χ3v) is 3.98. The summed E-state index contributed by atoms with van der Waals surface area (Å²) in [4.78, 5) is 15.4. The van der Waals surface area contributed by atoms with Crippen molar-refractivity contribution in [2.75, 3.05) is 12.4 Å². The highest BCUT2D eigenvalue weighted by Crippen LogP contribution is 2.30. The van der Waals surface area contributed by atoms with E-state index in [1.54, 1.807) is 11.5 Å². The van der Waals surface area contributed by atoms with Gasteiger partial charge in [0.25, 0.3) is 5.91 Å². The number of nitrogens with one attached hydrogen (secondary N) is 1. The second-order valence-electron chi connectivity index (χ2n) is 5.26. The lowest BCUT2D eigenvalue weighted by Crippen LogP contribution is -2.20. The number of anilines is 1. The van der Waals surface area contributed by atoms with Gasteiger partial charge in [0, 0.05) is 11.8 Å². The van der Waals surface area contributed by atoms with E-state index in [0.29, 0.717) is 11.5 Å². The predicted octanol–water partition coefficient (Wildman–Crippen LogP) is 4.06. The van der Waals surface area contributed by atoms with Crippen molar-refractivity contribution in [2.24, 2.45) is 0 Å². The standard InChI is InChI=1S/C17H15Cl2N3O2/c1-10-7-8-22-13(9-10)20-14(16(22)21-17(23)15(18)19)11-3-5-12(24-2)6-4-11/h3-9,15H,1-2H3,(H,21,23). The van der Waals surface area contributed by atoms with Crippen LogP contribution >= 0.6 is 23.2 Å². The van der Waals surface area contributed by atoms with Crippen LogP contribution in [0.5, 0.6) is 5.75 Å². The van der Waals surface area contributed by atoms with Gasteiger partial charge in [-0.25, -0.2) is 4.98 Å². The summed E-state index contributed by atoms with van der Waals surface area (Å²) in [5.41, 5.74) is 3.26. The van der Waals surface area contributed by atoms with E-state index in [2.05, 4.69) is 10.3 Å². The molecule has 3 rings (SSSR count). The summed E-state index contributed by atoms with van der Waals surface area (Å²) in [5.74, 6) is 0.757. The fraction of sp³-hybridized carbons (Fsp3) is 0.176. The molecule has 7 heteroatoms. The molecule has 1 N–H and O–H groups in total. The Morgan fingerprint density at radius 1 is 1.25 bits per heavy atom. The molecular weight excluding hydrogens is 349 g/mol. The molecule has 124 valence electrons. The number of nitrogens with zero attached hydrogens (tertiary/aromatic N) is 2. The van der Waals surface area contributed by atoms with Gasteiger partial charge in [0.05, 0.1) is 7.11 Å². The fourth-order valence-electron chi connectivity index (χ4n) is 2.39. The van der Waals surface area contributed by atoms with E-state index in [0.717, 1.165) is 22.5 Å². The molecule has 24 heavy (non-hydrogen) atoms. The maximum atomic E-state index is 12.0. The summed E-state index contributed by atoms with van der Waals surface area (Å²) in [6.45, 7) is 1.98. The van der Waals surface area contributed by atoms with Crippen LogP contribution in [0.25, 0.3) is 16.9 Å². The zero-order chi connectivity index (χ0) is 17.3. The SMILES string of the molecule is COc1ccc(-c2nc3cc(C)ccn3c2NC(=O)C(Cl)Cl)cc1. The van der Waals surface area contributed by atoms with Crippen LogP contribution in [0, 0.1) is 6.92 Å². The maximum absolute atomic E-state index is 12.0. The van der Waals surface area contributed by atoms with E-state index in [1.807, 2.05) is 49.5 Å². The minimum absolute atomic E-state index is 0.504. The number of carbonyl (C=O) groups is 1. The van der Waals surface area contributed by atoms with Crippen LogP contribution < -0.4 is 10.1 Å². The van der Waals surface area contributed by atoms with E-state index in [4.69, 9.17) is 27.9 Å². The van der Waals surface area contributed by atoms with Gasteiger partial charge in [0.2, 0.25) is 0 Å². The van der Waals surface area contributed by atoms with E-state index >= 15 is 0 Å². The minimum atomic E-state index is -1.16. The van der Waals surface area contributed by atoms with Crippen LogP contribution in [-0.2, 0) is 4.79 Å². The number of imidazole rings is 1. The summed E-state index contributed by atoms with van der Waals surface area (Å²) in [5, 5.41) is 2.75. The average Bonchev–Trinajstić information content (AvgIpc) is 2.92. The number of hydrogen-bond donors (Lipinski definition) is 1. The lowest BCUT2D eigenvalue weighted by molar-refractivity contribution is -0.114. The number of pyridine rings is 1. The smallest absolute Gasteiger partial charge is 0.258 e. The number of alkyl halides is 2. The highest BCUT2D eigenvalue weighted by atomic mass is 35.5. The molecule has 2 aromatic heterocycles. The van der Waals surface area contributed by atoms with Gasteiger partial charge in [-0.05, 0) is 48.9 Å². The van der Waals surface area contributed by atoms with Crippen molar-refractivity contribution < 1.29 is 9.53 Å². The number of amides is 1. The van der Waals surface area contributed by atoms with Gasteiger partial charge in [-0.3, -0.25) is 9.20 Å². The summed E-state index contributed by atoms with van der Waals surface area (Å²) in [6, 6.07) is 11.3. The lowest BCUT2D eigenvalue weighted by atomic mass is 10.1. The Morgan fingerprint density at radius 3 is 2.58 bits per heavy atom. The number of aromatic nitrogens is 2. The largest absolute Gasteiger partial charge is 0.497 e. The first-order valence-corrected chi connectivity index (χ1v) is 8.09. The Morgan fingerprint density at radius 2 is 1.96 bits per heavy atom. The molecule has 0 saturated carbocycles. The third-order valence-electron chi connectivity index (χ3n) is 3.58. The number of halogens is 2. The van der Waals surface area contributed by atoms with Crippen molar-refractivity contribution in [2.45, 2.75) is 11.8 Å². The van der Waals surface area contributed by atoms with Gasteiger partial charge in [0.1, 0.15) is 22.9 Å². The Balaban J connectivity index is 2.15. The highest BCUT2D eigenvalue weighted by Gasteiger charge is 2.19. The molecule has 0 spiro atoms. The number of methoxy groups -OCH3 is 1. The zero-order valence-electron chi connectivity index (χ0n) is 13.1. The van der Waals surface area contributed by atoms with Crippen LogP contribution in [0.2, 0.25) is 0 Å². The first-order chi connectivity index (χ1) is 11.5. The van der Waals surface area contributed by atoms with Crippen LogP contribution in [0.15, 0.2) is 42.6 Å². The van der Waals surface area contributed by atoms with Crippen molar-refractivity contribution >= 4 is 40.6 Å². The second-order valence-corrected chi connectivity index (χ2v) is 6.36. The first-order valence-electron chi connectivity index (χ1n) is 7.21. The molecule has 1 aromatic carbocycles. The monoisotopic (exact) mass is 363 g/mol. The van der Waals surface area contributed by atoms with Gasteiger partial charge in [-0.1, -0.05) is 23.2 Å². The number of ether oxygens (including phenoxy) is 1. The van der Waals surface area contributed by atoms with Crippen molar-refractivity contribution in [3.05, 3.63) is 48.2 Å². The van der Waals surface area contributed by atoms with E-state index in [1.165, 1.54) is 0 Å². The fourth-order valence-corrected chi connectivity index (χ4v) is 2.50. The van der Waals surface area contributed by atoms with Gasteiger partial charge >= 0.3 is 0 Å². The summed E-state index contributed by atoms with van der Waals surface area (Å²) < 4.78 is 6.97. The van der Waals surface area contributed by atoms with Gasteiger partial charge in [0.15, 0.2) is 4.84 Å². The Kier molecular flexibility index (Phi) is 4.64. The number of carbonyl (C=O) groups excluding carboxylic acids is 1. The molecule has 0 unspecified atom stereocenters. The van der Waals surface area contributed by atoms with Crippen LogP contribution in [0.3, 0.4) is 0 Å². The van der Waals surface area contributed by atoms with E-state index in [-0.39, 0.29) is 0 Å². The number of rotatable bonds is 4. The third kappa shape index (κ3) is 3.18. The molecule has 0 saturated heterocycles. The van der Waals surface area contributed by atoms with Gasteiger partial charge < -0.3 is 10.1 Å². The molecule has 2 heterocycles. The van der Waals surface area contributed by atoms with Crippen molar-refractivity contribution in [3.63, 3.8) is 0 Å². The summed E-state index contributed by atoms with van der Waals surface area (Å²) >= 11 is 11.3. The quantitative estimate of drug-likeness (QED) is 0.711. The Bertz CT molecular complexity index is 889. The van der Waals surface area contributed by atoms with E-state index in [9.17, 15) is 4.79 Å². The molecule has 0 atom stereocenters. The van der Waals surface area contributed by atoms with E-state index < -0.39 is 10.7 Å². The molecule has 1 amide bonds. The molecule has 0 aliphatic carbocycles. The molecule has 0 radical (unpaired) electrons. The molecule has 3 aromatic rings. The maximum Gasteiger partial charge on any atom is 0.258 e. The molecule has 0 aliphatic heterocycles. The molecule has 0 bridgehead atoms. The number of fused-ring (bicyclic) bond motifs is 1. The Labute approximate surface area is 149 Å². The molecule has 0 fully saturated rings. The van der Waals surface area contributed by atoms with Crippen LogP contribution in [-0.4, -0.2) is 27.2 Å². The Hall–Kier alpha value is -2.24. The lowest BCUT2D eigenvalue weighted by Gasteiger charge is -2.08. The van der Waals surface area contributed by atoms with Gasteiger partial charge in [-0.15, -0.1) is 0 Å². The van der Waals surface area contributed by atoms with Crippen molar-refractivity contribution in [3.8, 4) is 17.0 Å². The number of benzene rings is 1. The minimum Gasteiger partial charge on any atom is -0.497 e. The topological polar surface area (TPSA) is 55.6 Å². The van der Waals surface area contributed by atoms with Gasteiger partial charge in [-0.2, -0.15) is 0 Å². The molecule has 5 nitrogen and oxygen atoms in total. The molecule has 0 aliphatic rings. The number of hydrogen-bond acceptors (Lipinski definition) is 3. The average molecular weight is 364 g/mol. The van der Waals surface area contributed by atoms with Crippen LogP contribution in [0.1, 0.15) is 5.56 Å². The number of aryl methyl sites for hydroxylation is 1. The van der Waals surface area contributed by atoms with Crippen LogP contribution in [0.4, 0.5) is 5.82 Å². The zero-order valence-corrected chi connectivity index (χ0v) is 14.6. The summed E-state index contributed by atoms with van der Waals surface area (Å²) in [6.07, 6.45) is 1.85. The first kappa shape index (κ1) is 16.6. The van der Waals surface area contributed by atoms with Crippen molar-refractivity contribution in [1.82, 2.24) is 9.38 Å². The van der Waals surface area contributed by atoms with Crippen molar-refractivity contribution in [1.29, 1.82) is 0 Å². The summed E-state index contributed by atoms with van der Waals surface area (Å²) in [7, 11) is 1.61. The predicted molar refractivity (Wildman–Crippen MR) is 96.0 cm³/mol. The highest BCUT2D eigenvalue weighted by molar-refractivity contribution is 6.54. The normalized spacial score (nSPS) is 11.0.